The molecule has 1 aromatic carbocycles. The molecule has 15 heavy (non-hydrogen) atoms. The Bertz CT molecular complexity index is 377. The summed E-state index contributed by atoms with van der Waals surface area (Å²) in [4.78, 5) is 0. The van der Waals surface area contributed by atoms with Crippen LogP contribution in [0.5, 0.6) is 5.75 Å². The van der Waals surface area contributed by atoms with Crippen LogP contribution < -0.4 is 10.5 Å². The number of ether oxygens (including phenoxy) is 1. The number of nitrogens with zero attached hydrogens (tertiary/aromatic N) is 2. The van der Waals surface area contributed by atoms with E-state index in [0.717, 1.165) is 11.3 Å². The molecule has 0 atom stereocenters. The molecule has 0 spiro atoms. The van der Waals surface area contributed by atoms with Crippen LogP contribution >= 0.6 is 11.8 Å². The molecular formula is C10H13N3OS. The summed E-state index contributed by atoms with van der Waals surface area (Å²) < 4.78 is 5.15. The molecule has 0 aliphatic carbocycles. The molecule has 0 aliphatic rings. The number of benzene rings is 1. The minimum atomic E-state index is 0.432. The number of rotatable bonds is 3. The van der Waals surface area contributed by atoms with Gasteiger partial charge in [-0.25, -0.2) is 0 Å². The van der Waals surface area contributed by atoms with Crippen LogP contribution in [0.1, 0.15) is 5.56 Å². The summed E-state index contributed by atoms with van der Waals surface area (Å²) >= 11 is 1.35. The fraction of sp³-hybridized carbons (Fsp3) is 0.200. The van der Waals surface area contributed by atoms with Crippen molar-refractivity contribution in [3.05, 3.63) is 29.8 Å². The van der Waals surface area contributed by atoms with E-state index < -0.39 is 0 Å². The van der Waals surface area contributed by atoms with Gasteiger partial charge in [-0.05, 0) is 18.4 Å². The maximum Gasteiger partial charge on any atom is 0.180 e. The third kappa shape index (κ3) is 3.63. The summed E-state index contributed by atoms with van der Waals surface area (Å²) in [5, 5.41) is 8.07. The van der Waals surface area contributed by atoms with Crippen molar-refractivity contribution in [3.8, 4) is 5.75 Å². The lowest BCUT2D eigenvalue weighted by molar-refractivity contribution is 0.414. The number of nitrogens with two attached hydrogens (primary N) is 1. The van der Waals surface area contributed by atoms with Gasteiger partial charge < -0.3 is 10.5 Å². The van der Waals surface area contributed by atoms with Gasteiger partial charge in [0.25, 0.3) is 0 Å². The summed E-state index contributed by atoms with van der Waals surface area (Å²) in [5.41, 5.74) is 6.35. The summed E-state index contributed by atoms with van der Waals surface area (Å²) in [6.45, 7) is 0. The SMILES string of the molecule is COc1ccccc1/C=N\N=C(/N)SC. The first-order valence-electron chi connectivity index (χ1n) is 4.31. The molecule has 0 radical (unpaired) electrons. The molecule has 0 saturated heterocycles. The smallest absolute Gasteiger partial charge is 0.180 e. The first-order valence-corrected chi connectivity index (χ1v) is 5.54. The standard InChI is InChI=1S/C10H13N3OS/c1-14-9-6-4-3-5-8(9)7-12-13-10(11)15-2/h3-7H,1-2H3,(H2,11,13)/b12-7-. The Kier molecular flexibility index (Phi) is 4.70. The molecule has 0 unspecified atom stereocenters. The van der Waals surface area contributed by atoms with E-state index in [1.807, 2.05) is 30.5 Å². The van der Waals surface area contributed by atoms with Gasteiger partial charge in [0.2, 0.25) is 0 Å². The third-order valence-corrected chi connectivity index (χ3v) is 2.20. The summed E-state index contributed by atoms with van der Waals surface area (Å²) in [6.07, 6.45) is 3.46. The molecule has 0 heterocycles. The van der Waals surface area contributed by atoms with E-state index >= 15 is 0 Å². The molecule has 0 amide bonds. The highest BCUT2D eigenvalue weighted by atomic mass is 32.2. The van der Waals surface area contributed by atoms with E-state index in [1.54, 1.807) is 13.3 Å². The average molecular weight is 223 g/mol. The van der Waals surface area contributed by atoms with Crippen molar-refractivity contribution in [1.82, 2.24) is 0 Å². The fourth-order valence-electron chi connectivity index (χ4n) is 0.962. The molecule has 0 fully saturated rings. The predicted octanol–water partition coefficient (Wildman–Crippen LogP) is 1.71. The molecule has 0 bridgehead atoms. The lowest BCUT2D eigenvalue weighted by atomic mass is 10.2. The molecule has 1 rings (SSSR count). The van der Waals surface area contributed by atoms with Crippen molar-refractivity contribution in [2.75, 3.05) is 13.4 Å². The summed E-state index contributed by atoms with van der Waals surface area (Å²) in [5.74, 6) is 0.763. The van der Waals surface area contributed by atoms with Gasteiger partial charge in [0.15, 0.2) is 5.17 Å². The second-order valence-electron chi connectivity index (χ2n) is 2.63. The van der Waals surface area contributed by atoms with Crippen molar-refractivity contribution in [1.29, 1.82) is 0 Å². The minimum absolute atomic E-state index is 0.432. The molecule has 1 aromatic rings. The van der Waals surface area contributed by atoms with Crippen LogP contribution in [0.3, 0.4) is 0 Å². The van der Waals surface area contributed by atoms with Crippen molar-refractivity contribution < 1.29 is 4.74 Å². The van der Waals surface area contributed by atoms with E-state index in [9.17, 15) is 0 Å². The van der Waals surface area contributed by atoms with Crippen LogP contribution in [0.2, 0.25) is 0 Å². The van der Waals surface area contributed by atoms with Gasteiger partial charge in [-0.15, -0.1) is 5.10 Å². The predicted molar refractivity (Wildman–Crippen MR) is 65.7 cm³/mol. The third-order valence-electron chi connectivity index (χ3n) is 1.70. The van der Waals surface area contributed by atoms with Crippen molar-refractivity contribution in [2.45, 2.75) is 0 Å². The van der Waals surface area contributed by atoms with Crippen LogP contribution in [-0.4, -0.2) is 24.7 Å². The lowest BCUT2D eigenvalue weighted by Gasteiger charge is -2.01. The van der Waals surface area contributed by atoms with Gasteiger partial charge in [0.1, 0.15) is 5.75 Å². The van der Waals surface area contributed by atoms with E-state index in [-0.39, 0.29) is 0 Å². The Balaban J connectivity index is 2.80. The van der Waals surface area contributed by atoms with Crippen LogP contribution in [0, 0.1) is 0 Å². The molecule has 4 nitrogen and oxygen atoms in total. The molecule has 2 N–H and O–H groups in total. The number of thioether (sulfide) groups is 1. The normalized spacial score (nSPS) is 12.0. The van der Waals surface area contributed by atoms with Gasteiger partial charge in [-0.3, -0.25) is 0 Å². The highest BCUT2D eigenvalue weighted by molar-refractivity contribution is 8.13. The van der Waals surface area contributed by atoms with Gasteiger partial charge in [-0.2, -0.15) is 5.10 Å². The first-order chi connectivity index (χ1) is 7.27. The molecule has 0 aromatic heterocycles. The van der Waals surface area contributed by atoms with Gasteiger partial charge in [0, 0.05) is 5.56 Å². The topological polar surface area (TPSA) is 60.0 Å². The number of hydrogen-bond donors (Lipinski definition) is 1. The van der Waals surface area contributed by atoms with Gasteiger partial charge in [-0.1, -0.05) is 23.9 Å². The largest absolute Gasteiger partial charge is 0.496 e. The average Bonchev–Trinajstić information content (AvgIpc) is 2.29. The minimum Gasteiger partial charge on any atom is -0.496 e. The Morgan fingerprint density at radius 1 is 1.47 bits per heavy atom. The molecule has 0 saturated carbocycles. The monoisotopic (exact) mass is 223 g/mol. The van der Waals surface area contributed by atoms with Crippen LogP contribution in [0.15, 0.2) is 34.5 Å². The zero-order chi connectivity index (χ0) is 11.1. The van der Waals surface area contributed by atoms with Crippen LogP contribution in [0.25, 0.3) is 0 Å². The number of amidine groups is 1. The molecule has 5 heteroatoms. The van der Waals surface area contributed by atoms with Crippen LogP contribution in [0.4, 0.5) is 0 Å². The zero-order valence-electron chi connectivity index (χ0n) is 8.68. The first kappa shape index (κ1) is 11.6. The van der Waals surface area contributed by atoms with E-state index in [2.05, 4.69) is 10.2 Å². The molecule has 0 aliphatic heterocycles. The maximum atomic E-state index is 5.48. The number of methoxy groups -OCH3 is 1. The number of hydrogen-bond acceptors (Lipinski definition) is 4. The zero-order valence-corrected chi connectivity index (χ0v) is 9.49. The Hall–Kier alpha value is -1.49. The van der Waals surface area contributed by atoms with E-state index in [0.29, 0.717) is 5.17 Å². The highest BCUT2D eigenvalue weighted by Crippen LogP contribution is 2.14. The number of para-hydroxylation sites is 1. The fourth-order valence-corrected chi connectivity index (χ4v) is 1.09. The maximum absolute atomic E-state index is 5.48. The van der Waals surface area contributed by atoms with Gasteiger partial charge in [0.05, 0.1) is 13.3 Å². The lowest BCUT2D eigenvalue weighted by Crippen LogP contribution is -2.04. The second-order valence-corrected chi connectivity index (χ2v) is 3.46. The van der Waals surface area contributed by atoms with Crippen LogP contribution in [-0.2, 0) is 0 Å². The van der Waals surface area contributed by atoms with Gasteiger partial charge >= 0.3 is 0 Å². The summed E-state index contributed by atoms with van der Waals surface area (Å²) in [7, 11) is 1.62. The van der Waals surface area contributed by atoms with E-state index in [1.165, 1.54) is 11.8 Å². The Labute approximate surface area is 93.2 Å². The quantitative estimate of drug-likeness (QED) is 0.482. The molecular weight excluding hydrogens is 210 g/mol. The second kappa shape index (κ2) is 6.08. The Morgan fingerprint density at radius 2 is 2.20 bits per heavy atom. The van der Waals surface area contributed by atoms with Crippen molar-refractivity contribution in [2.24, 2.45) is 15.9 Å². The summed E-state index contributed by atoms with van der Waals surface area (Å²) in [6, 6.07) is 7.57. The van der Waals surface area contributed by atoms with Crippen molar-refractivity contribution in [3.63, 3.8) is 0 Å². The molecule has 80 valence electrons. The highest BCUT2D eigenvalue weighted by Gasteiger charge is 1.96. The van der Waals surface area contributed by atoms with Crippen molar-refractivity contribution >= 4 is 23.1 Å². The Morgan fingerprint density at radius 3 is 2.87 bits per heavy atom. The van der Waals surface area contributed by atoms with E-state index in [4.69, 9.17) is 10.5 Å².